The predicted octanol–water partition coefficient (Wildman–Crippen LogP) is 2.20. The topological polar surface area (TPSA) is 151 Å². The average molecular weight is 471 g/mol. The molecule has 0 spiro atoms. The molecule has 1 aromatic heterocycles. The smallest absolute Gasteiger partial charge is 0.419 e. The summed E-state index contributed by atoms with van der Waals surface area (Å²) in [5.74, 6) is 0.187. The number of halogens is 3. The minimum Gasteiger partial charge on any atom is -0.464 e. The molecule has 0 bridgehead atoms. The summed E-state index contributed by atoms with van der Waals surface area (Å²) in [5.41, 5.74) is 0.665. The highest BCUT2D eigenvalue weighted by Crippen LogP contribution is 2.32. The van der Waals surface area contributed by atoms with Crippen LogP contribution in [0.25, 0.3) is 11.4 Å². The quantitative estimate of drug-likeness (QED) is 0.390. The molecule has 4 N–H and O–H groups in total. The van der Waals surface area contributed by atoms with E-state index in [1.165, 1.54) is 16.9 Å². The molecule has 0 unspecified atom stereocenters. The summed E-state index contributed by atoms with van der Waals surface area (Å²) in [6.45, 7) is -0.244. The maximum atomic E-state index is 12.7. The van der Waals surface area contributed by atoms with Crippen LogP contribution in [0.1, 0.15) is 5.56 Å². The maximum absolute atomic E-state index is 12.7. The van der Waals surface area contributed by atoms with Gasteiger partial charge >= 0.3 is 22.5 Å². The molecular formula is C17H16F3N7O4S. The van der Waals surface area contributed by atoms with Crippen LogP contribution >= 0.6 is 0 Å². The number of tetrazole rings is 1. The zero-order valence-corrected chi connectivity index (χ0v) is 16.9. The van der Waals surface area contributed by atoms with Crippen molar-refractivity contribution in [3.05, 3.63) is 54.1 Å². The van der Waals surface area contributed by atoms with Crippen LogP contribution in [0.3, 0.4) is 0 Å². The molecule has 0 aliphatic rings. The molecule has 1 amide bonds. The number of nitrogens with one attached hydrogen (secondary N) is 3. The lowest BCUT2D eigenvalue weighted by Gasteiger charge is -2.11. The first-order valence-electron chi connectivity index (χ1n) is 8.85. The molecule has 0 radical (unpaired) electrons. The molecule has 0 saturated heterocycles. The van der Waals surface area contributed by atoms with Crippen molar-refractivity contribution in [3.63, 3.8) is 0 Å². The normalized spacial score (nSPS) is 11.8. The molecule has 1 heterocycles. The van der Waals surface area contributed by atoms with Crippen molar-refractivity contribution >= 4 is 27.7 Å². The zero-order valence-electron chi connectivity index (χ0n) is 16.0. The first kappa shape index (κ1) is 23.0. The fraction of sp³-hybridized carbons (Fsp3) is 0.176. The summed E-state index contributed by atoms with van der Waals surface area (Å²) in [6, 6.07) is 11.3. The van der Waals surface area contributed by atoms with Crippen molar-refractivity contribution in [2.75, 3.05) is 11.9 Å². The molecule has 11 nitrogen and oxygen atoms in total. The second kappa shape index (κ2) is 9.19. The summed E-state index contributed by atoms with van der Waals surface area (Å²) in [7, 11) is -4.22. The number of rotatable bonds is 8. The van der Waals surface area contributed by atoms with Crippen molar-refractivity contribution in [1.82, 2.24) is 29.7 Å². The van der Waals surface area contributed by atoms with Gasteiger partial charge in [0.15, 0.2) is 0 Å². The number of carboxylic acid groups (broad SMARTS) is 1. The Morgan fingerprint density at radius 1 is 1.09 bits per heavy atom. The average Bonchev–Trinajstić information content (AvgIpc) is 3.15. The highest BCUT2D eigenvalue weighted by molar-refractivity contribution is 7.88. The van der Waals surface area contributed by atoms with Gasteiger partial charge in [-0.25, -0.2) is 9.52 Å². The number of carbonyl (C=O) groups is 1. The third kappa shape index (κ3) is 6.14. The van der Waals surface area contributed by atoms with E-state index in [1.807, 2.05) is 4.72 Å². The Kier molecular flexibility index (Phi) is 6.59. The van der Waals surface area contributed by atoms with Crippen LogP contribution in [0, 0.1) is 0 Å². The van der Waals surface area contributed by atoms with E-state index in [0.29, 0.717) is 16.9 Å². The summed E-state index contributed by atoms with van der Waals surface area (Å²) in [5, 5.41) is 23.3. The first-order valence-corrected chi connectivity index (χ1v) is 10.3. The molecule has 2 aromatic carbocycles. The van der Waals surface area contributed by atoms with Crippen LogP contribution in [-0.2, 0) is 22.9 Å². The predicted molar refractivity (Wildman–Crippen MR) is 106 cm³/mol. The van der Waals surface area contributed by atoms with Crippen LogP contribution in [0.4, 0.5) is 29.3 Å². The van der Waals surface area contributed by atoms with E-state index in [1.54, 1.807) is 24.3 Å². The van der Waals surface area contributed by atoms with Gasteiger partial charge in [0.25, 0.3) is 0 Å². The van der Waals surface area contributed by atoms with Gasteiger partial charge < -0.3 is 10.4 Å². The summed E-state index contributed by atoms with van der Waals surface area (Å²) in [4.78, 5) is 11.5. The molecule has 3 rings (SSSR count). The molecule has 170 valence electrons. The number of alkyl halides is 3. The second-order valence-electron chi connectivity index (χ2n) is 6.26. The molecule has 0 atom stereocenters. The molecule has 0 saturated carbocycles. The monoisotopic (exact) mass is 471 g/mol. The summed E-state index contributed by atoms with van der Waals surface area (Å²) in [6.07, 6.45) is -6.16. The molecule has 3 aromatic rings. The van der Waals surface area contributed by atoms with Crippen LogP contribution in [0.5, 0.6) is 0 Å². The van der Waals surface area contributed by atoms with E-state index in [0.717, 1.165) is 16.9 Å². The molecule has 15 heteroatoms. The number of nitrogens with zero attached hydrogens (tertiary/aromatic N) is 4. The fourth-order valence-corrected chi connectivity index (χ4v) is 3.22. The van der Waals surface area contributed by atoms with Crippen LogP contribution in [0.15, 0.2) is 48.5 Å². The van der Waals surface area contributed by atoms with Crippen LogP contribution < -0.4 is 14.8 Å². The number of hydrogen-bond donors (Lipinski definition) is 4. The van der Waals surface area contributed by atoms with Gasteiger partial charge in [0.1, 0.15) is 0 Å². The first-order chi connectivity index (χ1) is 15.0. The number of aromatic nitrogens is 4. The van der Waals surface area contributed by atoms with Crippen LogP contribution in [0.2, 0.25) is 0 Å². The molecule has 0 fully saturated rings. The zero-order chi connectivity index (χ0) is 23.4. The number of para-hydroxylation sites is 1. The van der Waals surface area contributed by atoms with Crippen molar-refractivity contribution < 1.29 is 31.5 Å². The van der Waals surface area contributed by atoms with E-state index in [9.17, 15) is 26.4 Å². The van der Waals surface area contributed by atoms with E-state index < -0.39 is 28.0 Å². The Morgan fingerprint density at radius 3 is 2.44 bits per heavy atom. The number of benzene rings is 2. The third-order valence-corrected chi connectivity index (χ3v) is 4.97. The van der Waals surface area contributed by atoms with Crippen molar-refractivity contribution in [2.24, 2.45) is 0 Å². The van der Waals surface area contributed by atoms with Crippen molar-refractivity contribution in [1.29, 1.82) is 0 Å². The number of anilines is 2. The van der Waals surface area contributed by atoms with E-state index in [2.05, 4.69) is 20.7 Å². The van der Waals surface area contributed by atoms with Gasteiger partial charge in [-0.3, -0.25) is 0 Å². The van der Waals surface area contributed by atoms with Gasteiger partial charge in [-0.15, -0.1) is 10.2 Å². The van der Waals surface area contributed by atoms with Gasteiger partial charge in [-0.05, 0) is 41.6 Å². The van der Waals surface area contributed by atoms with E-state index >= 15 is 0 Å². The van der Waals surface area contributed by atoms with Crippen molar-refractivity contribution in [3.8, 4) is 11.4 Å². The van der Waals surface area contributed by atoms with Gasteiger partial charge in [0, 0.05) is 23.5 Å². The highest BCUT2D eigenvalue weighted by Gasteiger charge is 2.30. The van der Waals surface area contributed by atoms with Gasteiger partial charge in [0.05, 0.1) is 12.1 Å². The Morgan fingerprint density at radius 2 is 1.78 bits per heavy atom. The fourth-order valence-electron chi connectivity index (χ4n) is 2.56. The Hall–Kier alpha value is -3.72. The lowest BCUT2D eigenvalue weighted by Crippen LogP contribution is -2.40. The van der Waals surface area contributed by atoms with Gasteiger partial charge in [-0.2, -0.15) is 31.1 Å². The number of amides is 1. The number of hydrogen-bond acceptors (Lipinski definition) is 7. The Bertz CT molecular complexity index is 1200. The third-order valence-electron chi connectivity index (χ3n) is 3.94. The Balaban J connectivity index is 1.70. The van der Waals surface area contributed by atoms with E-state index in [4.69, 9.17) is 5.11 Å². The van der Waals surface area contributed by atoms with E-state index in [-0.39, 0.29) is 18.9 Å². The molecule has 0 aliphatic carbocycles. The highest BCUT2D eigenvalue weighted by atomic mass is 32.2. The maximum Gasteiger partial charge on any atom is 0.419 e. The largest absolute Gasteiger partial charge is 0.464 e. The summed E-state index contributed by atoms with van der Waals surface area (Å²) < 4.78 is 64.3. The SMILES string of the molecule is O=C(O)NS(=O)(=O)NCCn1nnc(-c2ccccc2Nc2ccc(C(F)(F)F)cc2)n1. The minimum atomic E-state index is -4.43. The minimum absolute atomic E-state index is 0.0397. The van der Waals surface area contributed by atoms with Gasteiger partial charge in [0.2, 0.25) is 5.82 Å². The Labute approximate surface area is 179 Å². The lowest BCUT2D eigenvalue weighted by atomic mass is 10.1. The molecule has 32 heavy (non-hydrogen) atoms. The second-order valence-corrected chi connectivity index (χ2v) is 7.76. The summed E-state index contributed by atoms with van der Waals surface area (Å²) >= 11 is 0. The van der Waals surface area contributed by atoms with Crippen molar-refractivity contribution in [2.45, 2.75) is 12.7 Å². The van der Waals surface area contributed by atoms with Gasteiger partial charge in [-0.1, -0.05) is 12.1 Å². The lowest BCUT2D eigenvalue weighted by molar-refractivity contribution is -0.137. The molecule has 0 aliphatic heterocycles. The standard InChI is InChI=1S/C17H16F3N7O4S/c18-17(19,20)11-5-7-12(8-6-11)22-14-4-2-1-3-13(14)15-23-26-27(24-15)10-9-21-32(30,31)25-16(28)29/h1-8,21-22,25H,9-10H2,(H,28,29). The molecular weight excluding hydrogens is 455 g/mol. The van der Waals surface area contributed by atoms with Crippen LogP contribution in [-0.4, -0.2) is 46.4 Å².